The van der Waals surface area contributed by atoms with Gasteiger partial charge in [0.15, 0.2) is 5.69 Å². The van der Waals surface area contributed by atoms with Crippen molar-refractivity contribution in [2.24, 2.45) is 0 Å². The SMILES string of the molecule is O=C(CNC(=O)c1nccnc1-c1nc2ccccc2s1)NCc1ccco1. The number of thiazole rings is 1. The molecule has 8 nitrogen and oxygen atoms in total. The number of carbonyl (C=O) groups excluding carboxylic acids is 2. The van der Waals surface area contributed by atoms with Gasteiger partial charge in [-0.05, 0) is 24.3 Å². The molecule has 0 atom stereocenters. The minimum atomic E-state index is -0.490. The second-order valence-electron chi connectivity index (χ2n) is 5.78. The smallest absolute Gasteiger partial charge is 0.272 e. The maximum atomic E-state index is 12.6. The summed E-state index contributed by atoms with van der Waals surface area (Å²) in [5.74, 6) is -0.197. The van der Waals surface area contributed by atoms with Crippen LogP contribution in [-0.4, -0.2) is 33.3 Å². The molecule has 0 saturated carbocycles. The number of furan rings is 1. The van der Waals surface area contributed by atoms with Gasteiger partial charge in [0.05, 0.1) is 29.6 Å². The first-order chi connectivity index (χ1) is 13.7. The Hall–Kier alpha value is -3.59. The quantitative estimate of drug-likeness (QED) is 0.520. The van der Waals surface area contributed by atoms with Crippen LogP contribution < -0.4 is 10.6 Å². The number of benzene rings is 1. The molecule has 28 heavy (non-hydrogen) atoms. The normalized spacial score (nSPS) is 10.7. The molecule has 3 heterocycles. The highest BCUT2D eigenvalue weighted by Gasteiger charge is 2.19. The van der Waals surface area contributed by atoms with Gasteiger partial charge in [0.1, 0.15) is 16.5 Å². The fourth-order valence-corrected chi connectivity index (χ4v) is 3.50. The van der Waals surface area contributed by atoms with Crippen LogP contribution in [0.1, 0.15) is 16.2 Å². The van der Waals surface area contributed by atoms with Crippen LogP contribution in [-0.2, 0) is 11.3 Å². The third-order valence-corrected chi connectivity index (χ3v) is 4.90. The largest absolute Gasteiger partial charge is 0.467 e. The molecule has 0 spiro atoms. The van der Waals surface area contributed by atoms with Crippen LogP contribution in [0.15, 0.2) is 59.5 Å². The Bertz CT molecular complexity index is 1090. The Labute approximate surface area is 163 Å². The van der Waals surface area contributed by atoms with E-state index in [1.807, 2.05) is 24.3 Å². The molecule has 2 N–H and O–H groups in total. The number of amides is 2. The van der Waals surface area contributed by atoms with E-state index < -0.39 is 5.91 Å². The summed E-state index contributed by atoms with van der Waals surface area (Å²) >= 11 is 1.43. The predicted octanol–water partition coefficient (Wildman–Crippen LogP) is 2.39. The zero-order valence-corrected chi connectivity index (χ0v) is 15.4. The van der Waals surface area contributed by atoms with Gasteiger partial charge in [-0.1, -0.05) is 12.1 Å². The third kappa shape index (κ3) is 3.89. The van der Waals surface area contributed by atoms with E-state index in [4.69, 9.17) is 4.42 Å². The van der Waals surface area contributed by atoms with Crippen LogP contribution in [0.25, 0.3) is 20.9 Å². The number of nitrogens with one attached hydrogen (secondary N) is 2. The maximum Gasteiger partial charge on any atom is 0.272 e. The van der Waals surface area contributed by atoms with Crippen molar-refractivity contribution in [3.05, 3.63) is 66.5 Å². The van der Waals surface area contributed by atoms with Gasteiger partial charge in [-0.2, -0.15) is 0 Å². The lowest BCUT2D eigenvalue weighted by molar-refractivity contribution is -0.120. The lowest BCUT2D eigenvalue weighted by Gasteiger charge is -2.07. The Morgan fingerprint density at radius 3 is 2.71 bits per heavy atom. The van der Waals surface area contributed by atoms with Crippen LogP contribution in [0, 0.1) is 0 Å². The molecule has 0 unspecified atom stereocenters. The van der Waals surface area contributed by atoms with Gasteiger partial charge in [0, 0.05) is 12.4 Å². The summed E-state index contributed by atoms with van der Waals surface area (Å²) in [6.07, 6.45) is 4.47. The first-order valence-electron chi connectivity index (χ1n) is 8.45. The van der Waals surface area contributed by atoms with Crippen molar-refractivity contribution in [3.8, 4) is 10.7 Å². The van der Waals surface area contributed by atoms with Gasteiger partial charge in [0.2, 0.25) is 5.91 Å². The second kappa shape index (κ2) is 7.97. The van der Waals surface area contributed by atoms with E-state index in [0.717, 1.165) is 10.2 Å². The standard InChI is InChI=1S/C19H15N5O3S/c25-15(22-10-12-4-3-9-27-12)11-23-18(26)16-17(21-8-7-20-16)19-24-13-5-1-2-6-14(13)28-19/h1-9H,10-11H2,(H,22,25)(H,23,26). The van der Waals surface area contributed by atoms with Gasteiger partial charge >= 0.3 is 0 Å². The summed E-state index contributed by atoms with van der Waals surface area (Å²) in [5.41, 5.74) is 1.34. The van der Waals surface area contributed by atoms with Crippen LogP contribution >= 0.6 is 11.3 Å². The van der Waals surface area contributed by atoms with Crippen LogP contribution in [0.3, 0.4) is 0 Å². The van der Waals surface area contributed by atoms with Gasteiger partial charge < -0.3 is 15.1 Å². The lowest BCUT2D eigenvalue weighted by Crippen LogP contribution is -2.37. The minimum absolute atomic E-state index is 0.125. The van der Waals surface area contributed by atoms with E-state index in [1.54, 1.807) is 12.1 Å². The van der Waals surface area contributed by atoms with Gasteiger partial charge in [0.25, 0.3) is 5.91 Å². The van der Waals surface area contributed by atoms with Crippen molar-refractivity contribution in [2.45, 2.75) is 6.54 Å². The van der Waals surface area contributed by atoms with Gasteiger partial charge in [-0.3, -0.25) is 9.59 Å². The van der Waals surface area contributed by atoms with E-state index in [9.17, 15) is 9.59 Å². The molecule has 1 aromatic carbocycles. The topological polar surface area (TPSA) is 110 Å². The molecule has 0 aliphatic rings. The summed E-state index contributed by atoms with van der Waals surface area (Å²) in [6, 6.07) is 11.2. The number of hydrogen-bond donors (Lipinski definition) is 2. The molecule has 0 aliphatic carbocycles. The molecular formula is C19H15N5O3S. The highest BCUT2D eigenvalue weighted by Crippen LogP contribution is 2.29. The molecule has 3 aromatic heterocycles. The number of para-hydroxylation sites is 1. The molecular weight excluding hydrogens is 378 g/mol. The van der Waals surface area contributed by atoms with E-state index in [1.165, 1.54) is 30.0 Å². The van der Waals surface area contributed by atoms with E-state index >= 15 is 0 Å². The molecule has 0 bridgehead atoms. The Morgan fingerprint density at radius 2 is 1.89 bits per heavy atom. The third-order valence-electron chi connectivity index (χ3n) is 3.86. The van der Waals surface area contributed by atoms with E-state index in [-0.39, 0.29) is 24.7 Å². The highest BCUT2D eigenvalue weighted by atomic mass is 32.1. The number of aromatic nitrogens is 3. The first kappa shape index (κ1) is 17.8. The Morgan fingerprint density at radius 1 is 1.04 bits per heavy atom. The van der Waals surface area contributed by atoms with Crippen molar-refractivity contribution in [2.75, 3.05) is 6.54 Å². The number of fused-ring (bicyclic) bond motifs is 1. The van der Waals surface area contributed by atoms with Crippen LogP contribution in [0.4, 0.5) is 0 Å². The molecule has 2 amide bonds. The predicted molar refractivity (Wildman–Crippen MR) is 104 cm³/mol. The summed E-state index contributed by atoms with van der Waals surface area (Å²) in [6.45, 7) is 0.0687. The Kier molecular flexibility index (Phi) is 5.07. The molecule has 9 heteroatoms. The number of nitrogens with zero attached hydrogens (tertiary/aromatic N) is 3. The van der Waals surface area contributed by atoms with Crippen molar-refractivity contribution < 1.29 is 14.0 Å². The summed E-state index contributed by atoms with van der Waals surface area (Å²) in [4.78, 5) is 37.4. The molecule has 0 saturated heterocycles. The van der Waals surface area contributed by atoms with Gasteiger partial charge in [-0.25, -0.2) is 15.0 Å². The summed E-state index contributed by atoms with van der Waals surface area (Å²) in [5, 5.41) is 5.83. The first-order valence-corrected chi connectivity index (χ1v) is 9.26. The molecule has 0 fully saturated rings. The molecule has 140 valence electrons. The average molecular weight is 393 g/mol. The highest BCUT2D eigenvalue weighted by molar-refractivity contribution is 7.21. The van der Waals surface area contributed by atoms with Crippen LogP contribution in [0.5, 0.6) is 0 Å². The lowest BCUT2D eigenvalue weighted by atomic mass is 10.3. The molecule has 4 aromatic rings. The second-order valence-corrected chi connectivity index (χ2v) is 6.81. The molecule has 0 radical (unpaired) electrons. The van der Waals surface area contributed by atoms with Crippen molar-refractivity contribution in [3.63, 3.8) is 0 Å². The number of rotatable bonds is 6. The van der Waals surface area contributed by atoms with E-state index in [2.05, 4.69) is 25.6 Å². The van der Waals surface area contributed by atoms with Gasteiger partial charge in [-0.15, -0.1) is 11.3 Å². The molecule has 4 rings (SSSR count). The van der Waals surface area contributed by atoms with Crippen molar-refractivity contribution in [1.82, 2.24) is 25.6 Å². The molecule has 0 aliphatic heterocycles. The Balaban J connectivity index is 1.45. The fourth-order valence-electron chi connectivity index (χ4n) is 2.54. The number of carbonyl (C=O) groups is 2. The van der Waals surface area contributed by atoms with E-state index in [0.29, 0.717) is 16.5 Å². The summed E-state index contributed by atoms with van der Waals surface area (Å²) < 4.78 is 6.13. The maximum absolute atomic E-state index is 12.6. The number of hydrogen-bond acceptors (Lipinski definition) is 7. The monoisotopic (exact) mass is 393 g/mol. The summed E-state index contributed by atoms with van der Waals surface area (Å²) in [7, 11) is 0. The fraction of sp³-hybridized carbons (Fsp3) is 0.105. The average Bonchev–Trinajstić information content (AvgIpc) is 3.40. The zero-order valence-electron chi connectivity index (χ0n) is 14.6. The van der Waals surface area contributed by atoms with Crippen molar-refractivity contribution >= 4 is 33.4 Å². The van der Waals surface area contributed by atoms with Crippen LogP contribution in [0.2, 0.25) is 0 Å². The minimum Gasteiger partial charge on any atom is -0.467 e. The zero-order chi connectivity index (χ0) is 19.3. The van der Waals surface area contributed by atoms with Crippen molar-refractivity contribution in [1.29, 1.82) is 0 Å².